The summed E-state index contributed by atoms with van der Waals surface area (Å²) < 4.78 is 0. The number of para-hydroxylation sites is 1. The van der Waals surface area contributed by atoms with Crippen LogP contribution in [0, 0.1) is 16.7 Å². The molecule has 0 N–H and O–H groups in total. The minimum absolute atomic E-state index is 0.0721. The number of hydrogen-bond donors (Lipinski definition) is 0. The number of aryl methyl sites for hydroxylation is 1. The third-order valence-corrected chi connectivity index (χ3v) is 4.17. The summed E-state index contributed by atoms with van der Waals surface area (Å²) >= 11 is 0. The van der Waals surface area contributed by atoms with Crippen LogP contribution in [0.5, 0.6) is 0 Å². The molecule has 2 rings (SSSR count). The molecule has 3 heteroatoms. The summed E-state index contributed by atoms with van der Waals surface area (Å²) in [5.74, 6) is -0.0721. The molecule has 0 saturated heterocycles. The van der Waals surface area contributed by atoms with Crippen molar-refractivity contribution in [2.75, 3.05) is 4.90 Å². The molecule has 0 aliphatic carbocycles. The molecular formula is C16H20N2O. The molecule has 0 fully saturated rings. The Morgan fingerprint density at radius 2 is 2.21 bits per heavy atom. The number of nitrogens with zero attached hydrogens (tertiary/aromatic N) is 2. The van der Waals surface area contributed by atoms with Crippen molar-refractivity contribution in [3.8, 4) is 6.07 Å². The van der Waals surface area contributed by atoms with E-state index in [2.05, 4.69) is 19.1 Å². The average Bonchev–Trinajstić information content (AvgIpc) is 2.45. The summed E-state index contributed by atoms with van der Waals surface area (Å²) in [4.78, 5) is 14.6. The second kappa shape index (κ2) is 5.05. The van der Waals surface area contributed by atoms with Gasteiger partial charge in [0.1, 0.15) is 5.41 Å². The Balaban J connectivity index is 2.45. The summed E-state index contributed by atoms with van der Waals surface area (Å²) in [6.45, 7) is 5.68. The maximum Gasteiger partial charge on any atom is 0.247 e. The smallest absolute Gasteiger partial charge is 0.247 e. The number of rotatable bonds is 2. The van der Waals surface area contributed by atoms with E-state index in [-0.39, 0.29) is 11.9 Å². The third kappa shape index (κ3) is 2.23. The summed E-state index contributed by atoms with van der Waals surface area (Å²) in [5.41, 5.74) is 1.24. The number of hydrogen-bond acceptors (Lipinski definition) is 2. The maximum absolute atomic E-state index is 12.8. The molecular weight excluding hydrogens is 236 g/mol. The number of benzene rings is 1. The van der Waals surface area contributed by atoms with Crippen LogP contribution in [0.25, 0.3) is 0 Å². The van der Waals surface area contributed by atoms with E-state index in [1.807, 2.05) is 30.0 Å². The van der Waals surface area contributed by atoms with Crippen molar-refractivity contribution in [3.63, 3.8) is 0 Å². The molecule has 1 amide bonds. The number of anilines is 1. The monoisotopic (exact) mass is 256 g/mol. The van der Waals surface area contributed by atoms with E-state index < -0.39 is 5.41 Å². The van der Waals surface area contributed by atoms with Gasteiger partial charge in [-0.15, -0.1) is 0 Å². The van der Waals surface area contributed by atoms with Crippen LogP contribution in [-0.2, 0) is 11.2 Å². The molecule has 0 bridgehead atoms. The highest BCUT2D eigenvalue weighted by molar-refractivity contribution is 6.00. The Morgan fingerprint density at radius 1 is 1.53 bits per heavy atom. The van der Waals surface area contributed by atoms with Crippen LogP contribution in [0.3, 0.4) is 0 Å². The van der Waals surface area contributed by atoms with Crippen molar-refractivity contribution in [3.05, 3.63) is 29.8 Å². The summed E-state index contributed by atoms with van der Waals surface area (Å²) in [5, 5.41) is 9.32. The average molecular weight is 256 g/mol. The highest BCUT2D eigenvalue weighted by Crippen LogP contribution is 2.35. The van der Waals surface area contributed by atoms with Crippen molar-refractivity contribution < 1.29 is 4.79 Å². The van der Waals surface area contributed by atoms with Crippen LogP contribution in [0.2, 0.25) is 0 Å². The fraction of sp³-hybridized carbons (Fsp3) is 0.500. The van der Waals surface area contributed by atoms with Gasteiger partial charge in [-0.05, 0) is 44.7 Å². The van der Waals surface area contributed by atoms with Gasteiger partial charge in [0.25, 0.3) is 0 Å². The van der Waals surface area contributed by atoms with E-state index in [0.717, 1.165) is 18.5 Å². The molecule has 1 aliphatic rings. The van der Waals surface area contributed by atoms with Crippen LogP contribution >= 0.6 is 0 Å². The first kappa shape index (κ1) is 13.6. The molecule has 19 heavy (non-hydrogen) atoms. The summed E-state index contributed by atoms with van der Waals surface area (Å²) in [6, 6.07) is 10.3. The lowest BCUT2D eigenvalue weighted by Gasteiger charge is -2.38. The number of amides is 1. The lowest BCUT2D eigenvalue weighted by molar-refractivity contribution is -0.125. The van der Waals surface area contributed by atoms with Crippen LogP contribution in [0.1, 0.15) is 39.2 Å². The molecule has 2 atom stereocenters. The number of fused-ring (bicyclic) bond motifs is 1. The van der Waals surface area contributed by atoms with Gasteiger partial charge < -0.3 is 4.90 Å². The van der Waals surface area contributed by atoms with Gasteiger partial charge in [-0.3, -0.25) is 4.79 Å². The van der Waals surface area contributed by atoms with E-state index >= 15 is 0 Å². The van der Waals surface area contributed by atoms with Gasteiger partial charge in [0.2, 0.25) is 5.91 Å². The molecule has 0 aromatic heterocycles. The van der Waals surface area contributed by atoms with Gasteiger partial charge >= 0.3 is 0 Å². The normalized spacial score (nSPS) is 21.2. The van der Waals surface area contributed by atoms with Crippen LogP contribution in [-0.4, -0.2) is 11.9 Å². The van der Waals surface area contributed by atoms with Gasteiger partial charge in [-0.25, -0.2) is 0 Å². The predicted molar refractivity (Wildman–Crippen MR) is 75.7 cm³/mol. The van der Waals surface area contributed by atoms with E-state index in [1.165, 1.54) is 5.56 Å². The van der Waals surface area contributed by atoms with Crippen molar-refractivity contribution in [1.29, 1.82) is 5.26 Å². The highest BCUT2D eigenvalue weighted by atomic mass is 16.2. The quantitative estimate of drug-likeness (QED) is 0.815. The Kier molecular flexibility index (Phi) is 3.61. The van der Waals surface area contributed by atoms with Gasteiger partial charge in [-0.2, -0.15) is 5.26 Å². The van der Waals surface area contributed by atoms with Gasteiger partial charge in [-0.1, -0.05) is 25.1 Å². The summed E-state index contributed by atoms with van der Waals surface area (Å²) in [6.07, 6.45) is 2.48. The third-order valence-electron chi connectivity index (χ3n) is 4.17. The topological polar surface area (TPSA) is 44.1 Å². The molecule has 0 saturated carbocycles. The fourth-order valence-electron chi connectivity index (χ4n) is 2.54. The zero-order chi connectivity index (χ0) is 14.0. The Morgan fingerprint density at radius 3 is 2.84 bits per heavy atom. The lowest BCUT2D eigenvalue weighted by atomic mass is 9.85. The molecule has 0 radical (unpaired) electrons. The zero-order valence-corrected chi connectivity index (χ0v) is 11.8. The summed E-state index contributed by atoms with van der Waals surface area (Å²) in [7, 11) is 0. The number of carbonyl (C=O) groups excluding carboxylic acids is 1. The minimum atomic E-state index is -0.932. The van der Waals surface area contributed by atoms with Gasteiger partial charge in [0, 0.05) is 11.7 Å². The Bertz CT molecular complexity index is 532. The number of carbonyl (C=O) groups is 1. The van der Waals surface area contributed by atoms with Crippen molar-refractivity contribution >= 4 is 11.6 Å². The van der Waals surface area contributed by atoms with Crippen LogP contribution in [0.15, 0.2) is 24.3 Å². The van der Waals surface area contributed by atoms with E-state index in [0.29, 0.717) is 6.42 Å². The van der Waals surface area contributed by atoms with Crippen molar-refractivity contribution in [2.45, 2.75) is 46.1 Å². The van der Waals surface area contributed by atoms with E-state index in [1.54, 1.807) is 6.92 Å². The van der Waals surface area contributed by atoms with Crippen molar-refractivity contribution in [1.82, 2.24) is 0 Å². The largest absolute Gasteiger partial charge is 0.308 e. The SMILES string of the molecule is CCC(C)(C#N)C(=O)N1c2ccccc2CCC1C. The first-order chi connectivity index (χ1) is 9.03. The van der Waals surface area contributed by atoms with E-state index in [4.69, 9.17) is 0 Å². The molecule has 100 valence electrons. The van der Waals surface area contributed by atoms with Crippen molar-refractivity contribution in [2.24, 2.45) is 5.41 Å². The minimum Gasteiger partial charge on any atom is -0.308 e. The standard InChI is InChI=1S/C16H20N2O/c1-4-16(3,11-17)15(19)18-12(2)9-10-13-7-5-6-8-14(13)18/h5-8,12H,4,9-10H2,1-3H3. The second-order valence-electron chi connectivity index (χ2n) is 5.49. The van der Waals surface area contributed by atoms with Gasteiger partial charge in [0.15, 0.2) is 0 Å². The molecule has 3 nitrogen and oxygen atoms in total. The first-order valence-corrected chi connectivity index (χ1v) is 6.86. The lowest BCUT2D eigenvalue weighted by Crippen LogP contribution is -2.48. The van der Waals surface area contributed by atoms with Crippen LogP contribution < -0.4 is 4.90 Å². The molecule has 1 aliphatic heterocycles. The molecule has 1 aromatic carbocycles. The van der Waals surface area contributed by atoms with Gasteiger partial charge in [0.05, 0.1) is 6.07 Å². The molecule has 1 heterocycles. The molecule has 2 unspecified atom stereocenters. The number of nitriles is 1. The Hall–Kier alpha value is -1.82. The molecule has 0 spiro atoms. The maximum atomic E-state index is 12.8. The Labute approximate surface area is 114 Å². The van der Waals surface area contributed by atoms with Crippen LogP contribution in [0.4, 0.5) is 5.69 Å². The second-order valence-corrected chi connectivity index (χ2v) is 5.49. The molecule has 1 aromatic rings. The zero-order valence-electron chi connectivity index (χ0n) is 11.8. The highest BCUT2D eigenvalue weighted by Gasteiger charge is 2.39. The first-order valence-electron chi connectivity index (χ1n) is 6.86. The fourth-order valence-corrected chi connectivity index (χ4v) is 2.54. The van der Waals surface area contributed by atoms with E-state index in [9.17, 15) is 10.1 Å². The predicted octanol–water partition coefficient (Wildman–Crippen LogP) is 3.29.